The molecule has 0 saturated heterocycles. The molecule has 10 heteroatoms. The summed E-state index contributed by atoms with van der Waals surface area (Å²) in [7, 11) is 0. The van der Waals surface area contributed by atoms with E-state index in [-0.39, 0.29) is 16.4 Å². The molecule has 29 heavy (non-hydrogen) atoms. The highest BCUT2D eigenvalue weighted by Gasteiger charge is 2.33. The molecule has 0 amide bonds. The van der Waals surface area contributed by atoms with E-state index in [0.717, 1.165) is 12.5 Å². The molecule has 0 spiro atoms. The number of rotatable bonds is 5. The van der Waals surface area contributed by atoms with E-state index < -0.39 is 33.7 Å². The van der Waals surface area contributed by atoms with Crippen molar-refractivity contribution in [1.29, 1.82) is 0 Å². The molecular weight excluding hydrogens is 415 g/mol. The van der Waals surface area contributed by atoms with Crippen LogP contribution in [0.1, 0.15) is 24.5 Å². The molecule has 0 N–H and O–H groups in total. The molecule has 0 fully saturated rings. The van der Waals surface area contributed by atoms with Gasteiger partial charge in [-0.25, -0.2) is 4.79 Å². The first-order valence-corrected chi connectivity index (χ1v) is 8.77. The summed E-state index contributed by atoms with van der Waals surface area (Å²) in [6.45, 7) is 1.93. The molecular formula is C19H13ClF3NO5. The maximum absolute atomic E-state index is 12.8. The summed E-state index contributed by atoms with van der Waals surface area (Å²) in [6, 6.07) is 5.99. The van der Waals surface area contributed by atoms with Gasteiger partial charge < -0.3 is 9.15 Å². The number of alkyl halides is 3. The lowest BCUT2D eigenvalue weighted by Crippen LogP contribution is -2.06. The van der Waals surface area contributed by atoms with Crippen molar-refractivity contribution in [3.8, 4) is 11.5 Å². The van der Waals surface area contributed by atoms with Gasteiger partial charge in [0, 0.05) is 23.6 Å². The smallest absolute Gasteiger partial charge is 0.416 e. The Balaban J connectivity index is 2.10. The van der Waals surface area contributed by atoms with Crippen LogP contribution in [0.2, 0.25) is 5.02 Å². The Bertz CT molecular complexity index is 1160. The van der Waals surface area contributed by atoms with E-state index in [1.807, 2.05) is 6.92 Å². The van der Waals surface area contributed by atoms with E-state index in [4.69, 9.17) is 20.8 Å². The maximum atomic E-state index is 12.8. The average Bonchev–Trinajstić information content (AvgIpc) is 2.62. The molecule has 2 aromatic carbocycles. The number of halogens is 4. The van der Waals surface area contributed by atoms with Crippen LogP contribution < -0.4 is 10.4 Å². The molecule has 0 bridgehead atoms. The van der Waals surface area contributed by atoms with Crippen molar-refractivity contribution in [3.63, 3.8) is 0 Å². The maximum Gasteiger partial charge on any atom is 0.416 e. The highest BCUT2D eigenvalue weighted by Crippen LogP contribution is 2.40. The first-order valence-electron chi connectivity index (χ1n) is 8.40. The van der Waals surface area contributed by atoms with E-state index >= 15 is 0 Å². The lowest BCUT2D eigenvalue weighted by Gasteiger charge is -2.12. The Kier molecular flexibility index (Phi) is 5.52. The predicted octanol–water partition coefficient (Wildman–Crippen LogP) is 6.12. The summed E-state index contributed by atoms with van der Waals surface area (Å²) in [5.41, 5.74) is -1.79. The molecule has 0 radical (unpaired) electrons. The van der Waals surface area contributed by atoms with Crippen LogP contribution in [-0.4, -0.2) is 4.92 Å². The van der Waals surface area contributed by atoms with E-state index in [9.17, 15) is 28.1 Å². The van der Waals surface area contributed by atoms with Gasteiger partial charge in [0.25, 0.3) is 0 Å². The molecule has 0 atom stereocenters. The van der Waals surface area contributed by atoms with Crippen molar-refractivity contribution in [2.75, 3.05) is 0 Å². The fourth-order valence-electron chi connectivity index (χ4n) is 2.82. The zero-order valence-corrected chi connectivity index (χ0v) is 15.6. The Morgan fingerprint density at radius 2 is 1.90 bits per heavy atom. The highest BCUT2D eigenvalue weighted by molar-refractivity contribution is 6.32. The third-order valence-corrected chi connectivity index (χ3v) is 4.40. The number of nitro groups is 1. The van der Waals surface area contributed by atoms with Crippen LogP contribution in [0.3, 0.4) is 0 Å². The third-order valence-electron chi connectivity index (χ3n) is 4.10. The quantitative estimate of drug-likeness (QED) is 0.278. The van der Waals surface area contributed by atoms with Gasteiger partial charge in [0.05, 0.1) is 15.5 Å². The van der Waals surface area contributed by atoms with Crippen LogP contribution in [0.4, 0.5) is 18.9 Å². The Morgan fingerprint density at radius 3 is 2.52 bits per heavy atom. The number of nitro benzene ring substituents is 1. The molecule has 0 saturated carbocycles. The lowest BCUT2D eigenvalue weighted by atomic mass is 10.1. The summed E-state index contributed by atoms with van der Waals surface area (Å²) in [4.78, 5) is 22.0. The van der Waals surface area contributed by atoms with Gasteiger partial charge in [-0.15, -0.1) is 0 Å². The van der Waals surface area contributed by atoms with Gasteiger partial charge in [0.1, 0.15) is 11.3 Å². The molecule has 6 nitrogen and oxygen atoms in total. The van der Waals surface area contributed by atoms with Crippen molar-refractivity contribution < 1.29 is 27.2 Å². The standard InChI is InChI=1S/C19H13ClF3NO5/c1-2-3-10-6-18(25)29-16-9-17(13(20)8-12(10)16)28-15-5-4-11(19(21,22)23)7-14(15)24(26)27/h4-9H,2-3H2,1H3. The Hall–Kier alpha value is -3.07. The number of fused-ring (bicyclic) bond motifs is 1. The monoisotopic (exact) mass is 427 g/mol. The fraction of sp³-hybridized carbons (Fsp3) is 0.211. The zero-order valence-electron chi connectivity index (χ0n) is 14.9. The van der Waals surface area contributed by atoms with Crippen molar-refractivity contribution >= 4 is 28.3 Å². The van der Waals surface area contributed by atoms with Gasteiger partial charge in [0.15, 0.2) is 0 Å². The summed E-state index contributed by atoms with van der Waals surface area (Å²) in [5, 5.41) is 11.8. The van der Waals surface area contributed by atoms with Gasteiger partial charge >= 0.3 is 17.5 Å². The lowest BCUT2D eigenvalue weighted by molar-refractivity contribution is -0.385. The normalized spacial score (nSPS) is 11.6. The van der Waals surface area contributed by atoms with Gasteiger partial charge in [-0.3, -0.25) is 10.1 Å². The van der Waals surface area contributed by atoms with Crippen LogP contribution in [0, 0.1) is 10.1 Å². The van der Waals surface area contributed by atoms with E-state index in [2.05, 4.69) is 0 Å². The van der Waals surface area contributed by atoms with Gasteiger partial charge in [-0.1, -0.05) is 24.9 Å². The van der Waals surface area contributed by atoms with Crippen molar-refractivity contribution in [1.82, 2.24) is 0 Å². The number of ether oxygens (including phenoxy) is 1. The van der Waals surface area contributed by atoms with Crippen LogP contribution in [0.15, 0.2) is 45.6 Å². The third kappa shape index (κ3) is 4.34. The summed E-state index contributed by atoms with van der Waals surface area (Å²) < 4.78 is 49.1. The minimum atomic E-state index is -4.75. The SMILES string of the molecule is CCCc1cc(=O)oc2cc(Oc3ccc(C(F)(F)F)cc3[N+](=O)[O-])c(Cl)cc12. The van der Waals surface area contributed by atoms with Crippen LogP contribution in [0.25, 0.3) is 11.0 Å². The molecule has 1 heterocycles. The molecule has 1 aromatic heterocycles. The average molecular weight is 428 g/mol. The summed E-state index contributed by atoms with van der Waals surface area (Å²) in [6.07, 6.45) is -3.38. The first kappa shape index (κ1) is 20.7. The van der Waals surface area contributed by atoms with Crippen LogP contribution in [0.5, 0.6) is 11.5 Å². The number of hydrogen-bond acceptors (Lipinski definition) is 5. The highest BCUT2D eigenvalue weighted by atomic mass is 35.5. The number of hydrogen-bond donors (Lipinski definition) is 0. The molecule has 152 valence electrons. The molecule has 0 aliphatic carbocycles. The Morgan fingerprint density at radius 1 is 1.17 bits per heavy atom. The predicted molar refractivity (Wildman–Crippen MR) is 99.7 cm³/mol. The molecule has 0 aliphatic heterocycles. The largest absolute Gasteiger partial charge is 0.448 e. The second-order valence-corrected chi connectivity index (χ2v) is 6.57. The van der Waals surface area contributed by atoms with Crippen molar-refractivity contribution in [2.45, 2.75) is 25.9 Å². The van der Waals surface area contributed by atoms with Crippen LogP contribution >= 0.6 is 11.6 Å². The number of nitrogens with zero attached hydrogens (tertiary/aromatic N) is 1. The fourth-order valence-corrected chi connectivity index (χ4v) is 3.03. The molecule has 3 rings (SSSR count). The molecule has 0 unspecified atom stereocenters. The van der Waals surface area contributed by atoms with Gasteiger partial charge in [0.2, 0.25) is 5.75 Å². The van der Waals surface area contributed by atoms with E-state index in [1.165, 1.54) is 18.2 Å². The van der Waals surface area contributed by atoms with Gasteiger partial charge in [-0.05, 0) is 30.2 Å². The second kappa shape index (κ2) is 7.75. The van der Waals surface area contributed by atoms with Crippen molar-refractivity contribution in [2.24, 2.45) is 0 Å². The van der Waals surface area contributed by atoms with Crippen molar-refractivity contribution in [3.05, 3.63) is 73.1 Å². The summed E-state index contributed by atoms with van der Waals surface area (Å²) >= 11 is 6.21. The summed E-state index contributed by atoms with van der Waals surface area (Å²) in [5.74, 6) is -0.532. The van der Waals surface area contributed by atoms with E-state index in [1.54, 1.807) is 0 Å². The van der Waals surface area contributed by atoms with Gasteiger partial charge in [-0.2, -0.15) is 13.2 Å². The number of aryl methyl sites for hydroxylation is 1. The zero-order chi connectivity index (χ0) is 21.3. The first-order chi connectivity index (χ1) is 13.6. The minimum Gasteiger partial charge on any atom is -0.448 e. The minimum absolute atomic E-state index is 0.0536. The van der Waals surface area contributed by atoms with Crippen LogP contribution in [-0.2, 0) is 12.6 Å². The molecule has 3 aromatic rings. The van der Waals surface area contributed by atoms with E-state index in [0.29, 0.717) is 29.5 Å². The Labute approximate surface area is 166 Å². The molecule has 0 aliphatic rings. The second-order valence-electron chi connectivity index (χ2n) is 6.16. The topological polar surface area (TPSA) is 82.6 Å². The number of benzene rings is 2.